The lowest BCUT2D eigenvalue weighted by molar-refractivity contribution is 0.111. The molecule has 1 aromatic heterocycles. The highest BCUT2D eigenvalue weighted by molar-refractivity contribution is 6.35. The van der Waals surface area contributed by atoms with E-state index in [9.17, 15) is 9.90 Å². The van der Waals surface area contributed by atoms with E-state index in [-0.39, 0.29) is 34.0 Å². The fourth-order valence-corrected chi connectivity index (χ4v) is 6.46. The molecule has 2 aliphatic heterocycles. The number of ether oxygens (including phenoxy) is 1. The normalized spacial score (nSPS) is 17.5. The first-order chi connectivity index (χ1) is 20.7. The summed E-state index contributed by atoms with van der Waals surface area (Å²) in [4.78, 5) is 27.0. The van der Waals surface area contributed by atoms with E-state index >= 15 is 4.39 Å². The Bertz CT molecular complexity index is 1670. The van der Waals surface area contributed by atoms with E-state index in [1.54, 1.807) is 17.0 Å². The van der Waals surface area contributed by atoms with Gasteiger partial charge in [-0.1, -0.05) is 42.8 Å². The number of aromatic hydroxyl groups is 1. The smallest absolute Gasteiger partial charge is 0.319 e. The zero-order valence-corrected chi connectivity index (χ0v) is 25.1. The molecule has 3 aromatic carbocycles. The van der Waals surface area contributed by atoms with Gasteiger partial charge in [0.15, 0.2) is 5.82 Å². The Morgan fingerprint density at radius 3 is 2.53 bits per heavy atom. The number of halogens is 2. The van der Waals surface area contributed by atoms with Crippen LogP contribution in [0.1, 0.15) is 26.7 Å². The molecule has 0 unspecified atom stereocenters. The van der Waals surface area contributed by atoms with Gasteiger partial charge in [0.05, 0.1) is 5.02 Å². The quantitative estimate of drug-likeness (QED) is 0.292. The number of aromatic nitrogens is 2. The second kappa shape index (κ2) is 12.0. The number of carbonyl (C=O) groups is 1. The highest BCUT2D eigenvalue weighted by Gasteiger charge is 2.27. The van der Waals surface area contributed by atoms with Gasteiger partial charge in [0.25, 0.3) is 0 Å². The lowest BCUT2D eigenvalue weighted by Crippen LogP contribution is -2.50. The molecule has 2 amide bonds. The number of carbonyl (C=O) groups excluding carboxylic acids is 1. The molecule has 226 valence electrons. The summed E-state index contributed by atoms with van der Waals surface area (Å²) in [7, 11) is 0. The van der Waals surface area contributed by atoms with Crippen molar-refractivity contribution in [2.75, 3.05) is 50.7 Å². The Balaban J connectivity index is 1.43. The molecule has 4 aromatic rings. The average Bonchev–Trinajstić information content (AvgIpc) is 2.98. The number of fused-ring (bicyclic) bond motifs is 2. The molecule has 43 heavy (non-hydrogen) atoms. The van der Waals surface area contributed by atoms with Crippen LogP contribution in [-0.4, -0.2) is 82.8 Å². The molecule has 0 bridgehead atoms. The molecule has 2 aliphatic rings. The Morgan fingerprint density at radius 2 is 1.81 bits per heavy atom. The summed E-state index contributed by atoms with van der Waals surface area (Å²) >= 11 is 6.81. The summed E-state index contributed by atoms with van der Waals surface area (Å²) in [5.74, 6) is 0.586. The van der Waals surface area contributed by atoms with Crippen molar-refractivity contribution in [3.05, 3.63) is 53.3 Å². The van der Waals surface area contributed by atoms with E-state index in [4.69, 9.17) is 27.1 Å². The fourth-order valence-electron chi connectivity index (χ4n) is 6.17. The number of nitrogens with two attached hydrogens (primary N) is 1. The van der Waals surface area contributed by atoms with Gasteiger partial charge >= 0.3 is 12.0 Å². The first-order valence-electron chi connectivity index (χ1n) is 14.8. The van der Waals surface area contributed by atoms with Crippen LogP contribution in [0.5, 0.6) is 11.8 Å². The van der Waals surface area contributed by atoms with Crippen LogP contribution in [-0.2, 0) is 0 Å². The van der Waals surface area contributed by atoms with Crippen molar-refractivity contribution in [1.82, 2.24) is 19.8 Å². The van der Waals surface area contributed by atoms with Crippen LogP contribution in [0.2, 0.25) is 5.02 Å². The van der Waals surface area contributed by atoms with Crippen molar-refractivity contribution in [2.24, 2.45) is 11.7 Å². The monoisotopic (exact) mass is 606 g/mol. The minimum absolute atomic E-state index is 0.00455. The number of rotatable bonds is 6. The zero-order chi connectivity index (χ0) is 30.2. The maximum Gasteiger partial charge on any atom is 0.319 e. The number of benzene rings is 3. The third-order valence-electron chi connectivity index (χ3n) is 8.55. The Kier molecular flexibility index (Phi) is 8.15. The molecule has 6 rings (SSSR count). The number of phenols is 1. The first kappa shape index (κ1) is 29.2. The van der Waals surface area contributed by atoms with E-state index in [2.05, 4.69) is 16.8 Å². The lowest BCUT2D eigenvalue weighted by atomic mass is 9.96. The average molecular weight is 607 g/mol. The molecule has 11 heteroatoms. The zero-order valence-electron chi connectivity index (χ0n) is 24.4. The van der Waals surface area contributed by atoms with Gasteiger partial charge in [0.2, 0.25) is 0 Å². The van der Waals surface area contributed by atoms with Crippen LogP contribution in [0.3, 0.4) is 0 Å². The number of primary amides is 1. The van der Waals surface area contributed by atoms with Crippen molar-refractivity contribution in [3.63, 3.8) is 0 Å². The molecule has 0 spiro atoms. The minimum Gasteiger partial charge on any atom is -0.508 e. The van der Waals surface area contributed by atoms with Crippen molar-refractivity contribution < 1.29 is 19.0 Å². The van der Waals surface area contributed by atoms with Crippen molar-refractivity contribution >= 4 is 45.1 Å². The van der Waals surface area contributed by atoms with Crippen LogP contribution < -0.4 is 15.4 Å². The third kappa shape index (κ3) is 5.99. The Morgan fingerprint density at radius 1 is 1.09 bits per heavy atom. The third-order valence-corrected chi connectivity index (χ3v) is 8.85. The predicted molar refractivity (Wildman–Crippen MR) is 167 cm³/mol. The molecule has 0 aliphatic carbocycles. The molecular formula is C32H36ClFN6O3. The summed E-state index contributed by atoms with van der Waals surface area (Å²) in [5.41, 5.74) is 6.18. The number of hydrogen-bond donors (Lipinski definition) is 2. The Hall–Kier alpha value is -3.89. The number of nitrogens with zero attached hydrogens (tertiary/aromatic N) is 5. The summed E-state index contributed by atoms with van der Waals surface area (Å²) in [6.45, 7) is 8.70. The number of piperazine rings is 1. The molecule has 2 saturated heterocycles. The molecule has 2 fully saturated rings. The SMILES string of the molecule is CC1CCN(C[C@@H](C)Oc2nc(N3CCN(C(N)=O)CC3)c3cc(Cl)c(-c4cc(O)cc5ccccc45)c(F)c3n2)CC1. The van der Waals surface area contributed by atoms with Gasteiger partial charge in [0, 0.05) is 43.7 Å². The molecule has 0 saturated carbocycles. The number of urea groups is 1. The maximum atomic E-state index is 16.7. The lowest BCUT2D eigenvalue weighted by Gasteiger charge is -2.35. The second-order valence-corrected chi connectivity index (χ2v) is 12.1. The maximum absolute atomic E-state index is 16.7. The van der Waals surface area contributed by atoms with E-state index in [0.29, 0.717) is 49.5 Å². The molecule has 0 radical (unpaired) electrons. The van der Waals surface area contributed by atoms with Crippen LogP contribution in [0.4, 0.5) is 15.0 Å². The summed E-state index contributed by atoms with van der Waals surface area (Å²) in [6.07, 6.45) is 2.08. The van der Waals surface area contributed by atoms with E-state index in [1.807, 2.05) is 36.1 Å². The number of amides is 2. The number of likely N-dealkylation sites (tertiary alicyclic amines) is 1. The van der Waals surface area contributed by atoms with Crippen molar-refractivity contribution in [1.29, 1.82) is 0 Å². The fraction of sp³-hybridized carbons (Fsp3) is 0.406. The molecule has 9 nitrogen and oxygen atoms in total. The van der Waals surface area contributed by atoms with Gasteiger partial charge in [-0.15, -0.1) is 0 Å². The topological polar surface area (TPSA) is 108 Å². The molecule has 1 atom stereocenters. The molecular weight excluding hydrogens is 571 g/mol. The van der Waals surface area contributed by atoms with Crippen LogP contribution >= 0.6 is 11.6 Å². The van der Waals surface area contributed by atoms with E-state index in [0.717, 1.165) is 42.6 Å². The summed E-state index contributed by atoms with van der Waals surface area (Å²) in [5, 5.41) is 12.6. The minimum atomic E-state index is -0.625. The largest absolute Gasteiger partial charge is 0.508 e. The molecule has 3 N–H and O–H groups in total. The summed E-state index contributed by atoms with van der Waals surface area (Å²) in [6, 6.07) is 11.9. The molecule has 3 heterocycles. The van der Waals surface area contributed by atoms with Gasteiger partial charge in [-0.3, -0.25) is 4.90 Å². The van der Waals surface area contributed by atoms with Crippen molar-refractivity contribution in [2.45, 2.75) is 32.8 Å². The van der Waals surface area contributed by atoms with Gasteiger partial charge in [-0.25, -0.2) is 9.18 Å². The van der Waals surface area contributed by atoms with Gasteiger partial charge in [-0.05, 0) is 73.3 Å². The Labute approximate surface area is 255 Å². The highest BCUT2D eigenvalue weighted by atomic mass is 35.5. The number of piperidine rings is 1. The number of anilines is 1. The van der Waals surface area contributed by atoms with E-state index in [1.165, 1.54) is 6.07 Å². The highest BCUT2D eigenvalue weighted by Crippen LogP contribution is 2.42. The number of hydrogen-bond acceptors (Lipinski definition) is 7. The van der Waals surface area contributed by atoms with E-state index < -0.39 is 11.8 Å². The van der Waals surface area contributed by atoms with Crippen molar-refractivity contribution in [3.8, 4) is 22.9 Å². The standard InChI is InChI=1S/C32H36ClFN6O3/c1-19-7-9-38(10-8-19)18-20(2)43-32-36-29-25(30(37-32)39-11-13-40(14-12-39)31(35)42)17-26(33)27(28(29)34)24-16-22(41)15-21-5-3-4-6-23(21)24/h3-6,15-17,19-20,41H,7-14,18H2,1-2H3,(H2,35,42)/t20-/m1/s1. The van der Waals surface area contributed by atoms with Crippen LogP contribution in [0.25, 0.3) is 32.8 Å². The van der Waals surface area contributed by atoms with Gasteiger partial charge in [0.1, 0.15) is 23.2 Å². The summed E-state index contributed by atoms with van der Waals surface area (Å²) < 4.78 is 23.0. The van der Waals surface area contributed by atoms with Crippen LogP contribution in [0, 0.1) is 11.7 Å². The number of phenolic OH excluding ortho intramolecular Hbond substituents is 1. The van der Waals surface area contributed by atoms with Gasteiger partial charge < -0.3 is 25.4 Å². The first-order valence-corrected chi connectivity index (χ1v) is 15.2. The van der Waals surface area contributed by atoms with Gasteiger partial charge in [-0.2, -0.15) is 9.97 Å². The predicted octanol–water partition coefficient (Wildman–Crippen LogP) is 5.65. The second-order valence-electron chi connectivity index (χ2n) is 11.7. The van der Waals surface area contributed by atoms with Crippen LogP contribution in [0.15, 0.2) is 42.5 Å².